The van der Waals surface area contributed by atoms with E-state index in [0.29, 0.717) is 24.0 Å². The number of carbonyl (C=O) groups is 1. The minimum Gasteiger partial charge on any atom is -0.497 e. The van der Waals surface area contributed by atoms with Gasteiger partial charge in [-0.05, 0) is 45.7 Å². The summed E-state index contributed by atoms with van der Waals surface area (Å²) >= 11 is 1.37. The van der Waals surface area contributed by atoms with Crippen molar-refractivity contribution in [1.82, 2.24) is 25.1 Å². The number of hydrogen-bond donors (Lipinski definition) is 0. The zero-order valence-electron chi connectivity index (χ0n) is 15.6. The molecule has 0 atom stereocenters. The normalized spacial score (nSPS) is 13.2. The lowest BCUT2D eigenvalue weighted by Gasteiger charge is -2.28. The van der Waals surface area contributed by atoms with Crippen LogP contribution in [-0.4, -0.2) is 50.4 Å². The van der Waals surface area contributed by atoms with Gasteiger partial charge >= 0.3 is 0 Å². The Balaban J connectivity index is 1.35. The van der Waals surface area contributed by atoms with Crippen molar-refractivity contribution in [1.29, 1.82) is 0 Å². The second-order valence-electron chi connectivity index (χ2n) is 6.59. The molecule has 0 bridgehead atoms. The van der Waals surface area contributed by atoms with Crippen molar-refractivity contribution in [2.45, 2.75) is 24.7 Å². The summed E-state index contributed by atoms with van der Waals surface area (Å²) < 4.78 is 6.89. The highest BCUT2D eigenvalue weighted by molar-refractivity contribution is 7.99. The Kier molecular flexibility index (Phi) is 5.57. The first kappa shape index (κ1) is 18.5. The fourth-order valence-corrected chi connectivity index (χ4v) is 4.01. The lowest BCUT2D eigenvalue weighted by Crippen LogP contribution is -2.37. The first-order valence-corrected chi connectivity index (χ1v) is 10.1. The third kappa shape index (κ3) is 4.17. The summed E-state index contributed by atoms with van der Waals surface area (Å²) in [5, 5.41) is 12.5. The molecule has 2 heterocycles. The fourth-order valence-electron chi connectivity index (χ4n) is 3.23. The molecule has 8 heteroatoms. The van der Waals surface area contributed by atoms with E-state index in [1.54, 1.807) is 11.8 Å². The molecule has 0 saturated heterocycles. The van der Waals surface area contributed by atoms with Crippen LogP contribution in [0.25, 0.3) is 0 Å². The summed E-state index contributed by atoms with van der Waals surface area (Å²) in [5.74, 6) is 1.24. The van der Waals surface area contributed by atoms with E-state index >= 15 is 0 Å². The molecule has 0 radical (unpaired) electrons. The van der Waals surface area contributed by atoms with E-state index in [1.165, 1.54) is 22.9 Å². The zero-order valence-corrected chi connectivity index (χ0v) is 16.4. The summed E-state index contributed by atoms with van der Waals surface area (Å²) in [7, 11) is 1.64. The standard InChI is InChI=1S/C20H21N5O2S/c1-27-18-8-6-15(7-9-18)12-25-20(21-22-23-25)28-14-19(26)24-11-10-16-4-2-3-5-17(16)13-24/h2-9H,10-14H2,1H3. The van der Waals surface area contributed by atoms with Gasteiger partial charge in [0.1, 0.15) is 5.75 Å². The number of fused-ring (bicyclic) bond motifs is 1. The van der Waals surface area contributed by atoms with E-state index in [-0.39, 0.29) is 5.91 Å². The molecule has 7 nitrogen and oxygen atoms in total. The number of amides is 1. The van der Waals surface area contributed by atoms with Crippen LogP contribution in [0, 0.1) is 0 Å². The van der Waals surface area contributed by atoms with Gasteiger partial charge in [0, 0.05) is 13.1 Å². The number of tetrazole rings is 1. The molecule has 144 valence electrons. The van der Waals surface area contributed by atoms with Crippen LogP contribution in [0.15, 0.2) is 53.7 Å². The van der Waals surface area contributed by atoms with Crippen LogP contribution in [-0.2, 0) is 24.3 Å². The third-order valence-electron chi connectivity index (χ3n) is 4.80. The minimum absolute atomic E-state index is 0.110. The van der Waals surface area contributed by atoms with Crippen molar-refractivity contribution in [3.63, 3.8) is 0 Å². The topological polar surface area (TPSA) is 73.1 Å². The SMILES string of the molecule is COc1ccc(Cn2nnnc2SCC(=O)N2CCc3ccccc3C2)cc1. The molecule has 1 aliphatic heterocycles. The maximum absolute atomic E-state index is 12.7. The van der Waals surface area contributed by atoms with Gasteiger partial charge in [0.05, 0.1) is 19.4 Å². The highest BCUT2D eigenvalue weighted by Gasteiger charge is 2.21. The van der Waals surface area contributed by atoms with Crippen LogP contribution in [0.2, 0.25) is 0 Å². The Morgan fingerprint density at radius 1 is 1.14 bits per heavy atom. The van der Waals surface area contributed by atoms with Crippen LogP contribution in [0.1, 0.15) is 16.7 Å². The quantitative estimate of drug-likeness (QED) is 0.597. The molecule has 0 spiro atoms. The van der Waals surface area contributed by atoms with Crippen molar-refractivity contribution >= 4 is 17.7 Å². The highest BCUT2D eigenvalue weighted by atomic mass is 32.2. The number of rotatable bonds is 6. The molecule has 1 aromatic heterocycles. The molecule has 0 saturated carbocycles. The number of ether oxygens (including phenoxy) is 1. The predicted octanol–water partition coefficient (Wildman–Crippen LogP) is 2.41. The Morgan fingerprint density at radius 3 is 2.71 bits per heavy atom. The first-order valence-electron chi connectivity index (χ1n) is 9.09. The number of carbonyl (C=O) groups excluding carboxylic acids is 1. The minimum atomic E-state index is 0.110. The molecule has 1 amide bonds. The number of hydrogen-bond acceptors (Lipinski definition) is 6. The Hall–Kier alpha value is -2.87. The van der Waals surface area contributed by atoms with Gasteiger partial charge in [0.15, 0.2) is 0 Å². The van der Waals surface area contributed by atoms with Gasteiger partial charge in [-0.3, -0.25) is 4.79 Å². The highest BCUT2D eigenvalue weighted by Crippen LogP contribution is 2.21. The summed E-state index contributed by atoms with van der Waals surface area (Å²) in [4.78, 5) is 14.6. The van der Waals surface area contributed by atoms with Crippen LogP contribution in [0.5, 0.6) is 5.75 Å². The van der Waals surface area contributed by atoms with Crippen molar-refractivity contribution in [3.8, 4) is 5.75 Å². The van der Waals surface area contributed by atoms with Crippen LogP contribution >= 0.6 is 11.8 Å². The van der Waals surface area contributed by atoms with Gasteiger partial charge in [0.2, 0.25) is 11.1 Å². The Bertz CT molecular complexity index is 957. The molecule has 1 aliphatic rings. The average molecular weight is 395 g/mol. The Labute approximate surface area is 167 Å². The van der Waals surface area contributed by atoms with Crippen molar-refractivity contribution in [2.75, 3.05) is 19.4 Å². The molecular formula is C20H21N5O2S. The van der Waals surface area contributed by atoms with E-state index in [4.69, 9.17) is 4.74 Å². The summed E-state index contributed by atoms with van der Waals surface area (Å²) in [5.41, 5.74) is 3.63. The third-order valence-corrected chi connectivity index (χ3v) is 5.74. The number of aromatic nitrogens is 4. The lowest BCUT2D eigenvalue weighted by atomic mass is 10.00. The second kappa shape index (κ2) is 8.43. The van der Waals surface area contributed by atoms with Gasteiger partial charge in [-0.15, -0.1) is 5.10 Å². The van der Waals surface area contributed by atoms with Crippen molar-refractivity contribution in [3.05, 3.63) is 65.2 Å². The van der Waals surface area contributed by atoms with Gasteiger partial charge in [-0.25, -0.2) is 4.68 Å². The van der Waals surface area contributed by atoms with Crippen molar-refractivity contribution in [2.24, 2.45) is 0 Å². The van der Waals surface area contributed by atoms with Crippen molar-refractivity contribution < 1.29 is 9.53 Å². The molecule has 0 aliphatic carbocycles. The number of nitrogens with zero attached hydrogens (tertiary/aromatic N) is 5. The van der Waals surface area contributed by atoms with E-state index in [0.717, 1.165) is 24.3 Å². The molecule has 28 heavy (non-hydrogen) atoms. The largest absolute Gasteiger partial charge is 0.497 e. The first-order chi connectivity index (χ1) is 13.7. The summed E-state index contributed by atoms with van der Waals surface area (Å²) in [6, 6.07) is 16.1. The van der Waals surface area contributed by atoms with E-state index in [2.05, 4.69) is 33.7 Å². The lowest BCUT2D eigenvalue weighted by molar-refractivity contribution is -0.129. The molecule has 2 aromatic carbocycles. The fraction of sp³-hybridized carbons (Fsp3) is 0.300. The van der Waals surface area contributed by atoms with Gasteiger partial charge in [-0.1, -0.05) is 48.2 Å². The smallest absolute Gasteiger partial charge is 0.233 e. The number of thioether (sulfide) groups is 1. The maximum atomic E-state index is 12.7. The molecule has 0 unspecified atom stereocenters. The van der Waals surface area contributed by atoms with Gasteiger partial charge in [-0.2, -0.15) is 0 Å². The van der Waals surface area contributed by atoms with E-state index in [9.17, 15) is 4.79 Å². The van der Waals surface area contributed by atoms with E-state index < -0.39 is 0 Å². The zero-order chi connectivity index (χ0) is 19.3. The van der Waals surface area contributed by atoms with Crippen LogP contribution < -0.4 is 4.74 Å². The molecule has 3 aromatic rings. The maximum Gasteiger partial charge on any atom is 0.233 e. The number of benzene rings is 2. The molecule has 0 fully saturated rings. The van der Waals surface area contributed by atoms with E-state index in [1.807, 2.05) is 35.2 Å². The summed E-state index contributed by atoms with van der Waals surface area (Å²) in [6.45, 7) is 1.98. The summed E-state index contributed by atoms with van der Waals surface area (Å²) in [6.07, 6.45) is 0.905. The Morgan fingerprint density at radius 2 is 1.93 bits per heavy atom. The van der Waals surface area contributed by atoms with Crippen LogP contribution in [0.4, 0.5) is 0 Å². The monoisotopic (exact) mass is 395 g/mol. The molecule has 4 rings (SSSR count). The number of methoxy groups -OCH3 is 1. The van der Waals surface area contributed by atoms with Gasteiger partial charge in [0.25, 0.3) is 0 Å². The van der Waals surface area contributed by atoms with Crippen LogP contribution in [0.3, 0.4) is 0 Å². The predicted molar refractivity (Wildman–Crippen MR) is 106 cm³/mol. The molecular weight excluding hydrogens is 374 g/mol. The second-order valence-corrected chi connectivity index (χ2v) is 7.53. The molecule has 0 N–H and O–H groups in total. The average Bonchev–Trinajstić information content (AvgIpc) is 3.19. The van der Waals surface area contributed by atoms with Gasteiger partial charge < -0.3 is 9.64 Å².